The highest BCUT2D eigenvalue weighted by molar-refractivity contribution is 6.31. The molecular weight excluding hydrogens is 390 g/mol. The summed E-state index contributed by atoms with van der Waals surface area (Å²) in [6.45, 7) is 2.18. The molecule has 0 spiro atoms. The van der Waals surface area contributed by atoms with Crippen molar-refractivity contribution in [3.05, 3.63) is 97.8 Å². The van der Waals surface area contributed by atoms with Crippen molar-refractivity contribution in [2.75, 3.05) is 5.32 Å². The van der Waals surface area contributed by atoms with Crippen LogP contribution in [0.15, 0.2) is 70.4 Å². The predicted molar refractivity (Wildman–Crippen MR) is 113 cm³/mol. The van der Waals surface area contributed by atoms with Crippen molar-refractivity contribution in [3.8, 4) is 0 Å². The lowest BCUT2D eigenvalue weighted by molar-refractivity contribution is 0.524. The molecule has 0 amide bonds. The van der Waals surface area contributed by atoms with Crippen LogP contribution in [-0.4, -0.2) is 19.7 Å². The highest BCUT2D eigenvalue weighted by atomic mass is 35.5. The molecule has 2 aromatic heterocycles. The average molecular weight is 408 g/mol. The smallest absolute Gasteiger partial charge is 0.275 e. The van der Waals surface area contributed by atoms with E-state index in [1.807, 2.05) is 30.3 Å². The first-order valence-electron chi connectivity index (χ1n) is 9.08. The van der Waals surface area contributed by atoms with E-state index in [1.54, 1.807) is 31.3 Å². The first kappa shape index (κ1) is 18.9. The van der Waals surface area contributed by atoms with E-state index in [0.717, 1.165) is 10.9 Å². The molecule has 29 heavy (non-hydrogen) atoms. The molecule has 2 heterocycles. The number of nitrogens with one attached hydrogen (secondary N) is 2. The molecule has 0 fully saturated rings. The summed E-state index contributed by atoms with van der Waals surface area (Å²) in [6.07, 6.45) is 1.64. The van der Waals surface area contributed by atoms with Crippen LogP contribution in [0.5, 0.6) is 0 Å². The van der Waals surface area contributed by atoms with Crippen molar-refractivity contribution >= 4 is 28.3 Å². The molecule has 2 N–H and O–H groups in total. The number of rotatable bonds is 5. The van der Waals surface area contributed by atoms with E-state index in [4.69, 9.17) is 11.6 Å². The zero-order valence-corrected chi connectivity index (χ0v) is 16.3. The van der Waals surface area contributed by atoms with E-state index in [9.17, 15) is 9.59 Å². The van der Waals surface area contributed by atoms with Crippen molar-refractivity contribution in [2.45, 2.75) is 19.5 Å². The molecule has 0 radical (unpaired) electrons. The molecular formula is C21H18ClN5O2. The second-order valence-electron chi connectivity index (χ2n) is 6.62. The molecule has 4 aromatic rings. The lowest BCUT2D eigenvalue weighted by Crippen LogP contribution is -2.28. The Morgan fingerprint density at radius 3 is 2.72 bits per heavy atom. The molecule has 2 aromatic carbocycles. The van der Waals surface area contributed by atoms with Crippen LogP contribution in [0.3, 0.4) is 0 Å². The zero-order valence-electron chi connectivity index (χ0n) is 15.6. The minimum absolute atomic E-state index is 0.233. The van der Waals surface area contributed by atoms with E-state index in [1.165, 1.54) is 10.7 Å². The molecule has 0 saturated heterocycles. The van der Waals surface area contributed by atoms with Crippen LogP contribution >= 0.6 is 11.6 Å². The number of halogens is 1. The van der Waals surface area contributed by atoms with Gasteiger partial charge in [0.2, 0.25) is 5.95 Å². The topological polar surface area (TPSA) is 92.7 Å². The molecule has 146 valence electrons. The summed E-state index contributed by atoms with van der Waals surface area (Å²) in [6, 6.07) is 15.5. The van der Waals surface area contributed by atoms with Crippen molar-refractivity contribution in [1.29, 1.82) is 0 Å². The summed E-state index contributed by atoms with van der Waals surface area (Å²) < 4.78 is 1.34. The Bertz CT molecular complexity index is 1300. The number of nitrogens with zero attached hydrogens (tertiary/aromatic N) is 3. The summed E-state index contributed by atoms with van der Waals surface area (Å²) in [5.74, 6) is 0.299. The lowest BCUT2D eigenvalue weighted by Gasteiger charge is -2.15. The van der Waals surface area contributed by atoms with Crippen LogP contribution in [-0.2, 0) is 6.54 Å². The number of aromatic amines is 1. The SMILES string of the molecule is C[C@@H](c1cc(=O)[nH]c(NCc2ccccc2Cl)n1)n1ncc2ccccc2c1=O. The van der Waals surface area contributed by atoms with Gasteiger partial charge in [-0.2, -0.15) is 5.10 Å². The summed E-state index contributed by atoms with van der Waals surface area (Å²) in [7, 11) is 0. The largest absolute Gasteiger partial charge is 0.352 e. The monoisotopic (exact) mass is 407 g/mol. The molecule has 0 saturated carbocycles. The maximum Gasteiger partial charge on any atom is 0.275 e. The fraction of sp³-hybridized carbons (Fsp3) is 0.143. The van der Waals surface area contributed by atoms with Crippen molar-refractivity contribution < 1.29 is 0 Å². The average Bonchev–Trinajstić information content (AvgIpc) is 2.73. The third-order valence-electron chi connectivity index (χ3n) is 4.68. The number of hydrogen-bond acceptors (Lipinski definition) is 5. The van der Waals surface area contributed by atoms with E-state index in [-0.39, 0.29) is 11.1 Å². The normalized spacial score (nSPS) is 12.1. The third-order valence-corrected chi connectivity index (χ3v) is 5.05. The van der Waals surface area contributed by atoms with Gasteiger partial charge in [0.25, 0.3) is 11.1 Å². The van der Waals surface area contributed by atoms with Crippen LogP contribution < -0.4 is 16.4 Å². The summed E-state index contributed by atoms with van der Waals surface area (Å²) in [5.41, 5.74) is 0.753. The Morgan fingerprint density at radius 1 is 1.14 bits per heavy atom. The summed E-state index contributed by atoms with van der Waals surface area (Å²) in [4.78, 5) is 32.1. The number of anilines is 1. The molecule has 0 unspecified atom stereocenters. The van der Waals surface area contributed by atoms with Crippen LogP contribution in [0.25, 0.3) is 10.8 Å². The lowest BCUT2D eigenvalue weighted by atomic mass is 10.2. The van der Waals surface area contributed by atoms with E-state index in [2.05, 4.69) is 20.4 Å². The summed E-state index contributed by atoms with van der Waals surface area (Å²) >= 11 is 6.17. The van der Waals surface area contributed by atoms with Gasteiger partial charge in [-0.15, -0.1) is 0 Å². The van der Waals surface area contributed by atoms with Gasteiger partial charge in [-0.1, -0.05) is 48.0 Å². The molecule has 0 aliphatic carbocycles. The van der Waals surface area contributed by atoms with Gasteiger partial charge in [-0.05, 0) is 24.6 Å². The molecule has 7 nitrogen and oxygen atoms in total. The summed E-state index contributed by atoms with van der Waals surface area (Å²) in [5, 5.41) is 9.29. The first-order valence-corrected chi connectivity index (χ1v) is 9.46. The molecule has 1 atom stereocenters. The fourth-order valence-electron chi connectivity index (χ4n) is 3.10. The maximum absolute atomic E-state index is 12.8. The van der Waals surface area contributed by atoms with E-state index < -0.39 is 6.04 Å². The van der Waals surface area contributed by atoms with E-state index >= 15 is 0 Å². The fourth-order valence-corrected chi connectivity index (χ4v) is 3.30. The Labute approximate surface area is 171 Å². The van der Waals surface area contributed by atoms with Crippen molar-refractivity contribution in [2.24, 2.45) is 0 Å². The quantitative estimate of drug-likeness (QED) is 0.529. The molecule has 0 aliphatic rings. The maximum atomic E-state index is 12.8. The van der Waals surface area contributed by atoms with Crippen LogP contribution in [0, 0.1) is 0 Å². The number of hydrogen-bond donors (Lipinski definition) is 2. The van der Waals surface area contributed by atoms with Crippen molar-refractivity contribution in [3.63, 3.8) is 0 Å². The number of benzene rings is 2. The van der Waals surface area contributed by atoms with Gasteiger partial charge in [0, 0.05) is 23.0 Å². The van der Waals surface area contributed by atoms with Crippen LogP contribution in [0.1, 0.15) is 24.2 Å². The highest BCUT2D eigenvalue weighted by Gasteiger charge is 2.16. The van der Waals surface area contributed by atoms with Gasteiger partial charge >= 0.3 is 0 Å². The Hall–Kier alpha value is -3.45. The second kappa shape index (κ2) is 7.89. The minimum atomic E-state index is -0.518. The van der Waals surface area contributed by atoms with Gasteiger partial charge in [0.15, 0.2) is 0 Å². The Kier molecular flexibility index (Phi) is 5.14. The predicted octanol–water partition coefficient (Wildman–Crippen LogP) is 3.35. The number of fused-ring (bicyclic) bond motifs is 1. The third kappa shape index (κ3) is 3.90. The minimum Gasteiger partial charge on any atom is -0.352 e. The van der Waals surface area contributed by atoms with Gasteiger partial charge in [0.1, 0.15) is 0 Å². The standard InChI is InChI=1S/C21H18ClN5O2/c1-13(27-20(29)16-8-4-2-6-14(16)12-24-27)18-10-19(28)26-21(25-18)23-11-15-7-3-5-9-17(15)22/h2-10,12-13H,11H2,1H3,(H2,23,25,26,28)/t13-/m0/s1. The first-order chi connectivity index (χ1) is 14.0. The van der Waals surface area contributed by atoms with Gasteiger partial charge in [0.05, 0.1) is 23.3 Å². The van der Waals surface area contributed by atoms with Crippen molar-refractivity contribution in [1.82, 2.24) is 19.7 Å². The zero-order chi connectivity index (χ0) is 20.4. The number of H-pyrrole nitrogens is 1. The Morgan fingerprint density at radius 2 is 1.90 bits per heavy atom. The molecule has 8 heteroatoms. The van der Waals surface area contributed by atoms with Crippen LogP contribution in [0.4, 0.5) is 5.95 Å². The highest BCUT2D eigenvalue weighted by Crippen LogP contribution is 2.17. The Balaban J connectivity index is 1.65. The molecule has 0 bridgehead atoms. The van der Waals surface area contributed by atoms with Gasteiger partial charge < -0.3 is 5.32 Å². The number of aromatic nitrogens is 4. The molecule has 4 rings (SSSR count). The van der Waals surface area contributed by atoms with Gasteiger partial charge in [-0.25, -0.2) is 9.67 Å². The van der Waals surface area contributed by atoms with Gasteiger partial charge in [-0.3, -0.25) is 14.6 Å². The van der Waals surface area contributed by atoms with Crippen LogP contribution in [0.2, 0.25) is 5.02 Å². The molecule has 0 aliphatic heterocycles. The van der Waals surface area contributed by atoms with E-state index in [0.29, 0.717) is 28.6 Å². The second-order valence-corrected chi connectivity index (χ2v) is 7.03.